The molecule has 96 valence electrons. The molecule has 3 heteroatoms. The summed E-state index contributed by atoms with van der Waals surface area (Å²) in [6.07, 6.45) is 2.03. The fraction of sp³-hybridized carbons (Fsp3) is 0.571. The molecule has 0 aliphatic heterocycles. The molecule has 3 nitrogen and oxygen atoms in total. The molecule has 1 aromatic carbocycles. The minimum atomic E-state index is -0.0771. The normalized spacial score (nSPS) is 12.4. The molecule has 0 amide bonds. The van der Waals surface area contributed by atoms with Gasteiger partial charge in [0, 0.05) is 6.61 Å². The van der Waals surface area contributed by atoms with E-state index in [1.165, 1.54) is 0 Å². The van der Waals surface area contributed by atoms with Crippen molar-refractivity contribution < 1.29 is 9.47 Å². The third kappa shape index (κ3) is 5.20. The van der Waals surface area contributed by atoms with Gasteiger partial charge in [0.2, 0.25) is 0 Å². The van der Waals surface area contributed by atoms with E-state index >= 15 is 0 Å². The van der Waals surface area contributed by atoms with Crippen molar-refractivity contribution in [3.05, 3.63) is 29.8 Å². The predicted octanol–water partition coefficient (Wildman–Crippen LogP) is 2.90. The molecule has 1 unspecified atom stereocenters. The molecule has 0 aliphatic carbocycles. The standard InChI is InChI=1S/C14H23NO2/c1-3-8-16-11-14(15)12-6-5-7-13(10-12)17-9-4-2/h5-7,10,14H,3-4,8-9,11,15H2,1-2H3. The van der Waals surface area contributed by atoms with Crippen LogP contribution in [0.2, 0.25) is 0 Å². The molecule has 0 saturated heterocycles. The Morgan fingerprint density at radius 2 is 1.94 bits per heavy atom. The Kier molecular flexibility index (Phi) is 6.67. The van der Waals surface area contributed by atoms with Crippen molar-refractivity contribution in [3.63, 3.8) is 0 Å². The number of hydrogen-bond donors (Lipinski definition) is 1. The average Bonchev–Trinajstić information content (AvgIpc) is 2.37. The van der Waals surface area contributed by atoms with Gasteiger partial charge in [-0.1, -0.05) is 26.0 Å². The number of nitrogens with two attached hydrogens (primary N) is 1. The number of ether oxygens (including phenoxy) is 2. The summed E-state index contributed by atoms with van der Waals surface area (Å²) in [5.41, 5.74) is 7.12. The van der Waals surface area contributed by atoms with Crippen molar-refractivity contribution in [1.29, 1.82) is 0 Å². The van der Waals surface area contributed by atoms with Crippen molar-refractivity contribution in [2.75, 3.05) is 19.8 Å². The molecule has 0 aliphatic rings. The van der Waals surface area contributed by atoms with Gasteiger partial charge in [-0.25, -0.2) is 0 Å². The summed E-state index contributed by atoms with van der Waals surface area (Å²) < 4.78 is 11.0. The molecule has 0 heterocycles. The largest absolute Gasteiger partial charge is 0.494 e. The van der Waals surface area contributed by atoms with E-state index in [0.29, 0.717) is 6.61 Å². The summed E-state index contributed by atoms with van der Waals surface area (Å²) in [5, 5.41) is 0. The van der Waals surface area contributed by atoms with Gasteiger partial charge in [-0.15, -0.1) is 0 Å². The van der Waals surface area contributed by atoms with E-state index in [1.807, 2.05) is 24.3 Å². The predicted molar refractivity (Wildman–Crippen MR) is 70.3 cm³/mol. The molecule has 1 rings (SSSR count). The number of benzene rings is 1. The molecular formula is C14H23NO2. The fourth-order valence-corrected chi connectivity index (χ4v) is 1.51. The third-order valence-corrected chi connectivity index (χ3v) is 2.40. The van der Waals surface area contributed by atoms with Crippen LogP contribution in [0.3, 0.4) is 0 Å². The van der Waals surface area contributed by atoms with Crippen LogP contribution in [0.1, 0.15) is 38.3 Å². The Labute approximate surface area is 104 Å². The van der Waals surface area contributed by atoms with E-state index in [4.69, 9.17) is 15.2 Å². The quantitative estimate of drug-likeness (QED) is 0.707. The van der Waals surface area contributed by atoms with Crippen molar-refractivity contribution in [2.24, 2.45) is 5.73 Å². The Morgan fingerprint density at radius 3 is 2.65 bits per heavy atom. The van der Waals surface area contributed by atoms with Gasteiger partial charge < -0.3 is 15.2 Å². The van der Waals surface area contributed by atoms with Crippen LogP contribution in [0.5, 0.6) is 5.75 Å². The maximum Gasteiger partial charge on any atom is 0.119 e. The zero-order valence-electron chi connectivity index (χ0n) is 10.8. The second kappa shape index (κ2) is 8.09. The second-order valence-corrected chi connectivity index (χ2v) is 4.10. The Hall–Kier alpha value is -1.06. The van der Waals surface area contributed by atoms with E-state index in [2.05, 4.69) is 13.8 Å². The fourth-order valence-electron chi connectivity index (χ4n) is 1.51. The summed E-state index contributed by atoms with van der Waals surface area (Å²) >= 11 is 0. The van der Waals surface area contributed by atoms with Gasteiger partial charge in [0.25, 0.3) is 0 Å². The van der Waals surface area contributed by atoms with Gasteiger partial charge in [0.1, 0.15) is 5.75 Å². The lowest BCUT2D eigenvalue weighted by molar-refractivity contribution is 0.121. The minimum Gasteiger partial charge on any atom is -0.494 e. The number of hydrogen-bond acceptors (Lipinski definition) is 3. The zero-order chi connectivity index (χ0) is 12.5. The second-order valence-electron chi connectivity index (χ2n) is 4.10. The summed E-state index contributed by atoms with van der Waals surface area (Å²) in [7, 11) is 0. The maximum absolute atomic E-state index is 6.05. The SMILES string of the molecule is CCCOCC(N)c1cccc(OCCC)c1. The highest BCUT2D eigenvalue weighted by Crippen LogP contribution is 2.18. The van der Waals surface area contributed by atoms with E-state index in [1.54, 1.807) is 0 Å². The zero-order valence-corrected chi connectivity index (χ0v) is 10.8. The molecule has 1 aromatic rings. The van der Waals surface area contributed by atoms with Gasteiger partial charge in [-0.2, -0.15) is 0 Å². The van der Waals surface area contributed by atoms with Crippen LogP contribution >= 0.6 is 0 Å². The molecule has 1 atom stereocenters. The Balaban J connectivity index is 2.51. The monoisotopic (exact) mass is 237 g/mol. The van der Waals surface area contributed by atoms with Crippen LogP contribution in [0.25, 0.3) is 0 Å². The van der Waals surface area contributed by atoms with Gasteiger partial charge in [0.15, 0.2) is 0 Å². The summed E-state index contributed by atoms with van der Waals surface area (Å²) in [4.78, 5) is 0. The average molecular weight is 237 g/mol. The maximum atomic E-state index is 6.05. The van der Waals surface area contributed by atoms with Crippen molar-refractivity contribution in [3.8, 4) is 5.75 Å². The van der Waals surface area contributed by atoms with Crippen molar-refractivity contribution in [2.45, 2.75) is 32.7 Å². The lowest BCUT2D eigenvalue weighted by atomic mass is 10.1. The molecule has 2 N–H and O–H groups in total. The van der Waals surface area contributed by atoms with Crippen molar-refractivity contribution in [1.82, 2.24) is 0 Å². The van der Waals surface area contributed by atoms with Crippen LogP contribution in [-0.4, -0.2) is 19.8 Å². The Bertz CT molecular complexity index is 315. The first kappa shape index (κ1) is 14.0. The molecular weight excluding hydrogens is 214 g/mol. The first-order valence-electron chi connectivity index (χ1n) is 6.34. The lowest BCUT2D eigenvalue weighted by Crippen LogP contribution is -2.17. The molecule has 0 saturated carbocycles. The van der Waals surface area contributed by atoms with Gasteiger partial charge >= 0.3 is 0 Å². The van der Waals surface area contributed by atoms with Crippen molar-refractivity contribution >= 4 is 0 Å². The highest BCUT2D eigenvalue weighted by molar-refractivity contribution is 5.30. The molecule has 17 heavy (non-hydrogen) atoms. The van der Waals surface area contributed by atoms with Crippen LogP contribution < -0.4 is 10.5 Å². The molecule has 0 radical (unpaired) electrons. The minimum absolute atomic E-state index is 0.0771. The smallest absolute Gasteiger partial charge is 0.119 e. The third-order valence-electron chi connectivity index (χ3n) is 2.40. The highest BCUT2D eigenvalue weighted by Gasteiger charge is 2.06. The van der Waals surface area contributed by atoms with Crippen LogP contribution in [0.4, 0.5) is 0 Å². The summed E-state index contributed by atoms with van der Waals surface area (Å²) in [6.45, 7) is 6.24. The highest BCUT2D eigenvalue weighted by atomic mass is 16.5. The summed E-state index contributed by atoms with van der Waals surface area (Å²) in [6, 6.07) is 7.86. The molecule has 0 fully saturated rings. The summed E-state index contributed by atoms with van der Waals surface area (Å²) in [5.74, 6) is 0.885. The first-order chi connectivity index (χ1) is 8.27. The molecule has 0 bridgehead atoms. The van der Waals surface area contributed by atoms with Crippen LogP contribution in [0.15, 0.2) is 24.3 Å². The van der Waals surface area contributed by atoms with E-state index < -0.39 is 0 Å². The van der Waals surface area contributed by atoms with Gasteiger partial charge in [-0.05, 0) is 30.5 Å². The Morgan fingerprint density at radius 1 is 1.18 bits per heavy atom. The van der Waals surface area contributed by atoms with E-state index in [9.17, 15) is 0 Å². The van der Waals surface area contributed by atoms with Gasteiger partial charge in [0.05, 0.1) is 19.3 Å². The topological polar surface area (TPSA) is 44.5 Å². The van der Waals surface area contributed by atoms with Crippen LogP contribution in [-0.2, 0) is 4.74 Å². The van der Waals surface area contributed by atoms with Crippen LogP contribution in [0, 0.1) is 0 Å². The van der Waals surface area contributed by atoms with E-state index in [0.717, 1.165) is 37.4 Å². The molecule has 0 spiro atoms. The first-order valence-corrected chi connectivity index (χ1v) is 6.34. The number of rotatable bonds is 8. The lowest BCUT2D eigenvalue weighted by Gasteiger charge is -2.13. The van der Waals surface area contributed by atoms with Gasteiger partial charge in [-0.3, -0.25) is 0 Å². The van der Waals surface area contributed by atoms with E-state index in [-0.39, 0.29) is 6.04 Å². The molecule has 0 aromatic heterocycles.